The summed E-state index contributed by atoms with van der Waals surface area (Å²) in [6.45, 7) is 6.30. The highest BCUT2D eigenvalue weighted by Gasteiger charge is 2.16. The largest absolute Gasteiger partial charge is 0.493 e. The van der Waals surface area contributed by atoms with E-state index in [1.807, 2.05) is 19.9 Å². The van der Waals surface area contributed by atoms with Gasteiger partial charge < -0.3 is 15.1 Å². The fourth-order valence-electron chi connectivity index (χ4n) is 1.95. The van der Waals surface area contributed by atoms with Gasteiger partial charge in [0.1, 0.15) is 15.6 Å². The number of nitrogens with zero attached hydrogens (tertiary/aromatic N) is 2. The van der Waals surface area contributed by atoms with E-state index < -0.39 is 5.97 Å². The number of aryl methyl sites for hydroxylation is 1. The van der Waals surface area contributed by atoms with Crippen molar-refractivity contribution < 1.29 is 19.8 Å². The minimum absolute atomic E-state index is 0.220. The number of carboxylic acid groups (broad SMARTS) is 1. The molecule has 0 spiro atoms. The molecule has 2 aromatic rings. The Labute approximate surface area is 138 Å². The smallest absolute Gasteiger partial charge is 0.347 e. The fourth-order valence-corrected chi connectivity index (χ4v) is 2.85. The molecule has 7 heteroatoms. The zero-order valence-corrected chi connectivity index (χ0v) is 13.9. The van der Waals surface area contributed by atoms with Crippen LogP contribution in [0.15, 0.2) is 23.4 Å². The van der Waals surface area contributed by atoms with E-state index in [0.717, 1.165) is 16.9 Å². The van der Waals surface area contributed by atoms with Gasteiger partial charge in [-0.2, -0.15) is 0 Å². The topological polar surface area (TPSA) is 92.0 Å². The van der Waals surface area contributed by atoms with Gasteiger partial charge in [0.25, 0.3) is 0 Å². The van der Waals surface area contributed by atoms with E-state index in [1.165, 1.54) is 6.21 Å². The molecule has 0 saturated carbocycles. The van der Waals surface area contributed by atoms with Gasteiger partial charge in [-0.25, -0.2) is 9.78 Å². The zero-order valence-electron chi connectivity index (χ0n) is 13.1. The monoisotopic (exact) mass is 334 g/mol. The summed E-state index contributed by atoms with van der Waals surface area (Å²) in [7, 11) is 0. The first kappa shape index (κ1) is 17.0. The number of hydrogen-bond acceptors (Lipinski definition) is 6. The predicted octanol–water partition coefficient (Wildman–Crippen LogP) is 3.66. The number of aromatic nitrogens is 1. The van der Waals surface area contributed by atoms with Crippen molar-refractivity contribution >= 4 is 23.5 Å². The van der Waals surface area contributed by atoms with Crippen molar-refractivity contribution in [2.75, 3.05) is 6.61 Å². The number of benzene rings is 1. The van der Waals surface area contributed by atoms with Crippen LogP contribution in [0.25, 0.3) is 10.6 Å². The minimum Gasteiger partial charge on any atom is -0.493 e. The van der Waals surface area contributed by atoms with Gasteiger partial charge >= 0.3 is 5.97 Å². The van der Waals surface area contributed by atoms with Crippen molar-refractivity contribution in [3.63, 3.8) is 0 Å². The molecule has 0 saturated heterocycles. The Morgan fingerprint density at radius 3 is 2.78 bits per heavy atom. The molecule has 1 aromatic heterocycles. The number of carbonyl (C=O) groups is 1. The van der Waals surface area contributed by atoms with Crippen LogP contribution in [0.2, 0.25) is 0 Å². The van der Waals surface area contributed by atoms with Crippen LogP contribution in [0.3, 0.4) is 0 Å². The predicted molar refractivity (Wildman–Crippen MR) is 89.0 cm³/mol. The number of oxime groups is 1. The lowest BCUT2D eigenvalue weighted by molar-refractivity contribution is 0.0701. The Morgan fingerprint density at radius 1 is 1.48 bits per heavy atom. The van der Waals surface area contributed by atoms with Crippen LogP contribution in [0.1, 0.15) is 34.8 Å². The first-order valence-corrected chi connectivity index (χ1v) is 7.89. The molecule has 0 aliphatic heterocycles. The minimum atomic E-state index is -0.986. The van der Waals surface area contributed by atoms with Gasteiger partial charge in [0, 0.05) is 11.1 Å². The van der Waals surface area contributed by atoms with Crippen molar-refractivity contribution in [3.8, 4) is 16.3 Å². The summed E-state index contributed by atoms with van der Waals surface area (Å²) in [4.78, 5) is 15.7. The lowest BCUT2D eigenvalue weighted by Gasteiger charge is -2.11. The molecule has 1 heterocycles. The summed E-state index contributed by atoms with van der Waals surface area (Å²) in [6.07, 6.45) is 1.29. The molecule has 6 nitrogen and oxygen atoms in total. The van der Waals surface area contributed by atoms with Crippen LogP contribution in [-0.2, 0) is 0 Å². The molecule has 0 fully saturated rings. The number of aromatic carboxylic acids is 1. The molecule has 0 aliphatic carbocycles. The van der Waals surface area contributed by atoms with Crippen molar-refractivity contribution in [3.05, 3.63) is 34.3 Å². The summed E-state index contributed by atoms with van der Waals surface area (Å²) < 4.78 is 5.70. The quantitative estimate of drug-likeness (QED) is 0.478. The maximum atomic E-state index is 11.1. The Bertz CT molecular complexity index is 738. The summed E-state index contributed by atoms with van der Waals surface area (Å²) >= 11 is 1.11. The molecule has 0 aliphatic rings. The number of ether oxygens (including phenoxy) is 1. The fraction of sp³-hybridized carbons (Fsp3) is 0.312. The van der Waals surface area contributed by atoms with E-state index in [1.54, 1.807) is 19.1 Å². The first-order valence-electron chi connectivity index (χ1n) is 7.07. The summed E-state index contributed by atoms with van der Waals surface area (Å²) in [5.74, 6) is -0.0133. The second kappa shape index (κ2) is 7.23. The molecule has 122 valence electrons. The summed E-state index contributed by atoms with van der Waals surface area (Å²) in [5.41, 5.74) is 1.84. The highest BCUT2D eigenvalue weighted by atomic mass is 32.1. The van der Waals surface area contributed by atoms with E-state index in [4.69, 9.17) is 15.1 Å². The van der Waals surface area contributed by atoms with Crippen LogP contribution >= 0.6 is 11.3 Å². The molecule has 2 N–H and O–H groups in total. The van der Waals surface area contributed by atoms with Gasteiger partial charge in [0.15, 0.2) is 0 Å². The summed E-state index contributed by atoms with van der Waals surface area (Å²) in [5, 5.41) is 21.6. The maximum Gasteiger partial charge on any atom is 0.347 e. The second-order valence-corrected chi connectivity index (χ2v) is 6.44. The molecule has 1 aromatic carbocycles. The van der Waals surface area contributed by atoms with Gasteiger partial charge in [-0.15, -0.1) is 11.3 Å². The van der Waals surface area contributed by atoms with E-state index in [0.29, 0.717) is 34.5 Å². The van der Waals surface area contributed by atoms with Gasteiger partial charge in [-0.1, -0.05) is 19.0 Å². The first-order chi connectivity index (χ1) is 10.9. The van der Waals surface area contributed by atoms with Gasteiger partial charge in [-0.05, 0) is 31.0 Å². The second-order valence-electron chi connectivity index (χ2n) is 5.44. The van der Waals surface area contributed by atoms with Gasteiger partial charge in [0.05, 0.1) is 18.5 Å². The zero-order chi connectivity index (χ0) is 17.0. The highest BCUT2D eigenvalue weighted by Crippen LogP contribution is 2.31. The molecular formula is C16H18N2O4S. The van der Waals surface area contributed by atoms with Crippen molar-refractivity contribution in [1.29, 1.82) is 0 Å². The van der Waals surface area contributed by atoms with Crippen molar-refractivity contribution in [1.82, 2.24) is 4.98 Å². The van der Waals surface area contributed by atoms with Crippen molar-refractivity contribution in [2.45, 2.75) is 20.8 Å². The molecular weight excluding hydrogens is 316 g/mol. The SMILES string of the molecule is Cc1nc(-c2ccc(OCC(C)C)c(/C=N\O)c2)sc1C(=O)O. The van der Waals surface area contributed by atoms with E-state index in [9.17, 15) is 4.79 Å². The molecule has 23 heavy (non-hydrogen) atoms. The Balaban J connectivity index is 2.39. The Kier molecular flexibility index (Phi) is 5.33. The highest BCUT2D eigenvalue weighted by molar-refractivity contribution is 7.17. The van der Waals surface area contributed by atoms with E-state index in [2.05, 4.69) is 10.1 Å². The Hall–Kier alpha value is -2.41. The molecule has 2 rings (SSSR count). The molecule has 0 amide bonds. The van der Waals surface area contributed by atoms with Gasteiger partial charge in [-0.3, -0.25) is 0 Å². The number of rotatable bonds is 6. The normalized spacial score (nSPS) is 11.3. The number of carboxylic acids is 1. The van der Waals surface area contributed by atoms with Gasteiger partial charge in [0.2, 0.25) is 0 Å². The number of hydrogen-bond donors (Lipinski definition) is 2. The molecule has 0 bridgehead atoms. The average Bonchev–Trinajstić information content (AvgIpc) is 2.88. The lowest BCUT2D eigenvalue weighted by Crippen LogP contribution is -2.06. The molecule has 0 atom stereocenters. The maximum absolute atomic E-state index is 11.1. The van der Waals surface area contributed by atoms with Crippen LogP contribution in [0.5, 0.6) is 5.75 Å². The van der Waals surface area contributed by atoms with Crippen LogP contribution in [0.4, 0.5) is 0 Å². The van der Waals surface area contributed by atoms with E-state index in [-0.39, 0.29) is 4.88 Å². The van der Waals surface area contributed by atoms with E-state index >= 15 is 0 Å². The van der Waals surface area contributed by atoms with Crippen molar-refractivity contribution in [2.24, 2.45) is 11.1 Å². The third-order valence-corrected chi connectivity index (χ3v) is 4.21. The third-order valence-electron chi connectivity index (χ3n) is 3.02. The third kappa shape index (κ3) is 4.07. The van der Waals surface area contributed by atoms with Crippen LogP contribution < -0.4 is 4.74 Å². The Morgan fingerprint density at radius 2 is 2.22 bits per heavy atom. The van der Waals surface area contributed by atoms with Crippen LogP contribution in [0, 0.1) is 12.8 Å². The standard InChI is InChI=1S/C16H18N2O4S/c1-9(2)8-22-13-5-4-11(6-12(13)7-17-21)15-18-10(3)14(23-15)16(19)20/h4-7,9,21H,8H2,1-3H3,(H,19,20)/b17-7-. The van der Waals surface area contributed by atoms with Crippen LogP contribution in [-0.4, -0.2) is 34.1 Å². The molecule has 0 unspecified atom stereocenters. The summed E-state index contributed by atoms with van der Waals surface area (Å²) in [6, 6.07) is 5.35. The molecule has 0 radical (unpaired) electrons. The average molecular weight is 334 g/mol. The lowest BCUT2D eigenvalue weighted by atomic mass is 10.1. The number of thiazole rings is 1.